The van der Waals surface area contributed by atoms with Crippen molar-refractivity contribution in [1.29, 1.82) is 0 Å². The topological polar surface area (TPSA) is 68.0 Å². The summed E-state index contributed by atoms with van der Waals surface area (Å²) in [5.74, 6) is 3.02. The quantitative estimate of drug-likeness (QED) is 0.604. The minimum atomic E-state index is -0.606. The lowest BCUT2D eigenvalue weighted by Gasteiger charge is -2.20. The molecule has 6 nitrogen and oxygen atoms in total. The highest BCUT2D eigenvalue weighted by Gasteiger charge is 2.14. The number of nitrogens with zero attached hydrogens (tertiary/aromatic N) is 2. The van der Waals surface area contributed by atoms with Gasteiger partial charge in [0, 0.05) is 18.7 Å². The highest BCUT2D eigenvalue weighted by atomic mass is 16.5. The summed E-state index contributed by atoms with van der Waals surface area (Å²) in [5, 5.41) is 14.2. The number of para-hydroxylation sites is 1. The first-order valence-corrected chi connectivity index (χ1v) is 9.25. The summed E-state index contributed by atoms with van der Waals surface area (Å²) in [4.78, 5) is 2.03. The van der Waals surface area contributed by atoms with E-state index in [-0.39, 0.29) is 6.61 Å². The predicted molar refractivity (Wildman–Crippen MR) is 107 cm³/mol. The fourth-order valence-electron chi connectivity index (χ4n) is 2.90. The summed E-state index contributed by atoms with van der Waals surface area (Å²) >= 11 is 0. The van der Waals surface area contributed by atoms with E-state index < -0.39 is 6.10 Å². The SMILES string of the molecule is Cc1noc(C)c1CN(C)CC(O)COc1ccc(Oc2ccccc2)cc1. The number of rotatable bonds is 9. The third kappa shape index (κ3) is 5.58. The first-order valence-electron chi connectivity index (χ1n) is 9.25. The molecule has 6 heteroatoms. The molecule has 28 heavy (non-hydrogen) atoms. The molecule has 1 atom stereocenters. The molecule has 0 bridgehead atoms. The van der Waals surface area contributed by atoms with Gasteiger partial charge >= 0.3 is 0 Å². The number of ether oxygens (including phenoxy) is 2. The molecule has 1 aromatic heterocycles. The molecule has 1 N–H and O–H groups in total. The van der Waals surface area contributed by atoms with Crippen molar-refractivity contribution in [1.82, 2.24) is 10.1 Å². The van der Waals surface area contributed by atoms with Crippen LogP contribution in [0.3, 0.4) is 0 Å². The Balaban J connectivity index is 1.44. The monoisotopic (exact) mass is 382 g/mol. The molecule has 0 spiro atoms. The Bertz CT molecular complexity index is 843. The lowest BCUT2D eigenvalue weighted by Crippen LogP contribution is -2.33. The van der Waals surface area contributed by atoms with Crippen molar-refractivity contribution < 1.29 is 19.1 Å². The number of aliphatic hydroxyl groups excluding tert-OH is 1. The van der Waals surface area contributed by atoms with E-state index in [4.69, 9.17) is 14.0 Å². The third-order valence-electron chi connectivity index (χ3n) is 4.38. The van der Waals surface area contributed by atoms with Gasteiger partial charge in [-0.25, -0.2) is 0 Å². The average Bonchev–Trinajstić information content (AvgIpc) is 3.00. The maximum atomic E-state index is 10.3. The van der Waals surface area contributed by atoms with Gasteiger partial charge in [0.2, 0.25) is 0 Å². The van der Waals surface area contributed by atoms with E-state index in [1.54, 1.807) is 0 Å². The molecule has 148 valence electrons. The molecule has 2 aromatic carbocycles. The standard InChI is InChI=1S/C22H26N2O4/c1-16-22(17(2)28-23-16)14-24(3)13-18(25)15-26-19-9-11-21(12-10-19)27-20-7-5-4-6-8-20/h4-12,18,25H,13-15H2,1-3H3. The van der Waals surface area contributed by atoms with Crippen LogP contribution in [-0.2, 0) is 6.54 Å². The maximum absolute atomic E-state index is 10.3. The van der Waals surface area contributed by atoms with Gasteiger partial charge in [-0.05, 0) is 57.3 Å². The van der Waals surface area contributed by atoms with Gasteiger partial charge in [0.15, 0.2) is 0 Å². The minimum Gasteiger partial charge on any atom is -0.491 e. The number of hydrogen-bond donors (Lipinski definition) is 1. The lowest BCUT2D eigenvalue weighted by molar-refractivity contribution is 0.0742. The summed E-state index contributed by atoms with van der Waals surface area (Å²) in [6, 6.07) is 17.0. The molecular formula is C22H26N2O4. The van der Waals surface area contributed by atoms with E-state index in [1.165, 1.54) is 0 Å². The highest BCUT2D eigenvalue weighted by Crippen LogP contribution is 2.23. The number of benzene rings is 2. The largest absolute Gasteiger partial charge is 0.491 e. The molecule has 1 heterocycles. The van der Waals surface area contributed by atoms with Crippen LogP contribution in [0.15, 0.2) is 59.1 Å². The summed E-state index contributed by atoms with van der Waals surface area (Å²) < 4.78 is 16.6. The zero-order chi connectivity index (χ0) is 19.9. The number of aliphatic hydroxyl groups is 1. The van der Waals surface area contributed by atoms with Crippen molar-refractivity contribution >= 4 is 0 Å². The predicted octanol–water partition coefficient (Wildman–Crippen LogP) is 3.96. The van der Waals surface area contributed by atoms with Crippen LogP contribution in [0.2, 0.25) is 0 Å². The highest BCUT2D eigenvalue weighted by molar-refractivity contribution is 5.35. The number of likely N-dealkylation sites (N-methyl/N-ethyl adjacent to an activating group) is 1. The van der Waals surface area contributed by atoms with Crippen molar-refractivity contribution in [2.24, 2.45) is 0 Å². The zero-order valence-corrected chi connectivity index (χ0v) is 16.5. The third-order valence-corrected chi connectivity index (χ3v) is 4.38. The minimum absolute atomic E-state index is 0.213. The van der Waals surface area contributed by atoms with E-state index in [0.29, 0.717) is 18.8 Å². The molecular weight excluding hydrogens is 356 g/mol. The van der Waals surface area contributed by atoms with Crippen molar-refractivity contribution in [2.75, 3.05) is 20.2 Å². The van der Waals surface area contributed by atoms with Gasteiger partial charge in [-0.2, -0.15) is 0 Å². The second-order valence-electron chi connectivity index (χ2n) is 6.85. The zero-order valence-electron chi connectivity index (χ0n) is 16.5. The van der Waals surface area contributed by atoms with E-state index in [9.17, 15) is 5.11 Å². The van der Waals surface area contributed by atoms with Gasteiger partial charge in [-0.15, -0.1) is 0 Å². The van der Waals surface area contributed by atoms with Gasteiger partial charge in [0.25, 0.3) is 0 Å². The summed E-state index contributed by atoms with van der Waals surface area (Å²) in [5.41, 5.74) is 1.94. The molecule has 0 aliphatic carbocycles. The van der Waals surface area contributed by atoms with Crippen molar-refractivity contribution in [2.45, 2.75) is 26.5 Å². The van der Waals surface area contributed by atoms with Gasteiger partial charge in [-0.3, -0.25) is 4.90 Å². The fourth-order valence-corrected chi connectivity index (χ4v) is 2.90. The molecule has 0 radical (unpaired) electrons. The number of hydrogen-bond acceptors (Lipinski definition) is 6. The molecule has 3 rings (SSSR count). The molecule has 1 unspecified atom stereocenters. The Morgan fingerprint density at radius 1 is 1.00 bits per heavy atom. The van der Waals surface area contributed by atoms with Gasteiger partial charge in [0.05, 0.1) is 5.69 Å². The molecule has 0 fully saturated rings. The maximum Gasteiger partial charge on any atom is 0.138 e. The summed E-state index contributed by atoms with van der Waals surface area (Å²) in [6.07, 6.45) is -0.606. The smallest absolute Gasteiger partial charge is 0.138 e. The first kappa shape index (κ1) is 19.9. The van der Waals surface area contributed by atoms with Crippen LogP contribution in [0.4, 0.5) is 0 Å². The van der Waals surface area contributed by atoms with Crippen molar-refractivity contribution in [3.05, 3.63) is 71.6 Å². The molecule has 0 saturated carbocycles. The second-order valence-corrected chi connectivity index (χ2v) is 6.85. The van der Waals surface area contributed by atoms with E-state index in [0.717, 1.165) is 28.5 Å². The summed E-state index contributed by atoms with van der Waals surface area (Å²) in [7, 11) is 1.95. The van der Waals surface area contributed by atoms with Crippen molar-refractivity contribution in [3.63, 3.8) is 0 Å². The molecule has 0 amide bonds. The van der Waals surface area contributed by atoms with Crippen LogP contribution in [0.1, 0.15) is 17.0 Å². The Labute approximate surface area is 165 Å². The van der Waals surface area contributed by atoms with E-state index >= 15 is 0 Å². The van der Waals surface area contributed by atoms with Gasteiger partial charge in [0.1, 0.15) is 35.7 Å². The van der Waals surface area contributed by atoms with E-state index in [1.807, 2.05) is 80.4 Å². The Hall–Kier alpha value is -2.83. The van der Waals surface area contributed by atoms with Crippen LogP contribution in [0.5, 0.6) is 17.2 Å². The molecule has 3 aromatic rings. The van der Waals surface area contributed by atoms with Crippen LogP contribution < -0.4 is 9.47 Å². The van der Waals surface area contributed by atoms with E-state index in [2.05, 4.69) is 5.16 Å². The Kier molecular flexibility index (Phi) is 6.68. The average molecular weight is 382 g/mol. The van der Waals surface area contributed by atoms with Crippen LogP contribution in [0.25, 0.3) is 0 Å². The number of aryl methyl sites for hydroxylation is 2. The van der Waals surface area contributed by atoms with Crippen LogP contribution >= 0.6 is 0 Å². The van der Waals surface area contributed by atoms with Crippen LogP contribution in [0, 0.1) is 13.8 Å². The molecule has 0 aliphatic rings. The second kappa shape index (κ2) is 9.39. The Morgan fingerprint density at radius 2 is 1.64 bits per heavy atom. The molecule has 0 saturated heterocycles. The molecule has 0 aliphatic heterocycles. The normalized spacial score (nSPS) is 12.2. The van der Waals surface area contributed by atoms with Crippen LogP contribution in [-0.4, -0.2) is 41.5 Å². The number of aromatic nitrogens is 1. The first-order chi connectivity index (χ1) is 13.5. The lowest BCUT2D eigenvalue weighted by atomic mass is 10.2. The van der Waals surface area contributed by atoms with Crippen molar-refractivity contribution in [3.8, 4) is 17.2 Å². The summed E-state index contributed by atoms with van der Waals surface area (Å²) in [6.45, 7) is 5.19. The Morgan fingerprint density at radius 3 is 2.29 bits per heavy atom. The van der Waals surface area contributed by atoms with Gasteiger partial charge in [-0.1, -0.05) is 23.4 Å². The fraction of sp³-hybridized carbons (Fsp3) is 0.318. The van der Waals surface area contributed by atoms with Gasteiger partial charge < -0.3 is 19.1 Å².